The Hall–Kier alpha value is -1.32. The standard InChI is InChI=1S/C15H17NOS/c1-10-8-11(2)16-15(9-10)18-14-6-4-13(5-7-14)12(3)17/h4-9,12,17H,1-3H3. The summed E-state index contributed by atoms with van der Waals surface area (Å²) in [6.45, 7) is 5.86. The number of rotatable bonds is 3. The third-order valence-corrected chi connectivity index (χ3v) is 3.59. The summed E-state index contributed by atoms with van der Waals surface area (Å²) in [6.07, 6.45) is -0.414. The molecule has 2 aromatic rings. The number of nitrogens with zero attached hydrogens (tertiary/aromatic N) is 1. The molecule has 1 aromatic heterocycles. The van der Waals surface area contributed by atoms with Crippen molar-refractivity contribution in [2.75, 3.05) is 0 Å². The zero-order valence-electron chi connectivity index (χ0n) is 10.8. The van der Waals surface area contributed by atoms with Gasteiger partial charge in [0.2, 0.25) is 0 Å². The number of aromatic nitrogens is 1. The lowest BCUT2D eigenvalue weighted by Crippen LogP contribution is -1.90. The minimum absolute atomic E-state index is 0.414. The molecule has 0 radical (unpaired) electrons. The van der Waals surface area contributed by atoms with Crippen LogP contribution in [-0.2, 0) is 0 Å². The molecule has 3 heteroatoms. The molecule has 0 aliphatic rings. The molecule has 2 nitrogen and oxygen atoms in total. The minimum atomic E-state index is -0.414. The van der Waals surface area contributed by atoms with Crippen molar-refractivity contribution >= 4 is 11.8 Å². The topological polar surface area (TPSA) is 33.1 Å². The van der Waals surface area contributed by atoms with Crippen LogP contribution >= 0.6 is 11.8 Å². The summed E-state index contributed by atoms with van der Waals surface area (Å²) in [6, 6.07) is 12.1. The van der Waals surface area contributed by atoms with E-state index in [4.69, 9.17) is 0 Å². The van der Waals surface area contributed by atoms with Gasteiger partial charge in [-0.15, -0.1) is 0 Å². The quantitative estimate of drug-likeness (QED) is 0.907. The largest absolute Gasteiger partial charge is 0.389 e. The second kappa shape index (κ2) is 5.55. The highest BCUT2D eigenvalue weighted by Gasteiger charge is 2.03. The van der Waals surface area contributed by atoms with Gasteiger partial charge in [0.1, 0.15) is 5.03 Å². The van der Waals surface area contributed by atoms with Crippen LogP contribution < -0.4 is 0 Å². The molecular weight excluding hydrogens is 242 g/mol. The molecule has 0 fully saturated rings. The molecule has 1 aromatic carbocycles. The lowest BCUT2D eigenvalue weighted by molar-refractivity contribution is 0.199. The second-order valence-electron chi connectivity index (χ2n) is 4.47. The Morgan fingerprint density at radius 1 is 1.11 bits per heavy atom. The molecule has 18 heavy (non-hydrogen) atoms. The Morgan fingerprint density at radius 2 is 1.78 bits per heavy atom. The predicted molar refractivity (Wildman–Crippen MR) is 74.9 cm³/mol. The first kappa shape index (κ1) is 13.1. The van der Waals surface area contributed by atoms with E-state index in [2.05, 4.69) is 24.0 Å². The highest BCUT2D eigenvalue weighted by molar-refractivity contribution is 7.99. The molecule has 94 valence electrons. The number of aliphatic hydroxyl groups excluding tert-OH is 1. The molecule has 0 saturated heterocycles. The van der Waals surface area contributed by atoms with Crippen LogP contribution in [0.15, 0.2) is 46.3 Å². The van der Waals surface area contributed by atoms with E-state index in [1.807, 2.05) is 31.2 Å². The highest BCUT2D eigenvalue weighted by Crippen LogP contribution is 2.28. The normalized spacial score (nSPS) is 12.4. The van der Waals surface area contributed by atoms with Crippen molar-refractivity contribution in [2.24, 2.45) is 0 Å². The first-order chi connectivity index (χ1) is 8.54. The molecule has 0 aliphatic carbocycles. The first-order valence-electron chi connectivity index (χ1n) is 5.96. The van der Waals surface area contributed by atoms with Crippen molar-refractivity contribution in [2.45, 2.75) is 36.8 Å². The van der Waals surface area contributed by atoms with Gasteiger partial charge in [-0.1, -0.05) is 23.9 Å². The summed E-state index contributed by atoms with van der Waals surface area (Å²) in [4.78, 5) is 5.64. The molecule has 1 heterocycles. The lowest BCUT2D eigenvalue weighted by atomic mass is 10.1. The van der Waals surface area contributed by atoms with Gasteiger partial charge in [0, 0.05) is 10.6 Å². The first-order valence-corrected chi connectivity index (χ1v) is 6.77. The number of aryl methyl sites for hydroxylation is 2. The van der Waals surface area contributed by atoms with Crippen LogP contribution in [-0.4, -0.2) is 10.1 Å². The summed E-state index contributed by atoms with van der Waals surface area (Å²) >= 11 is 1.64. The van der Waals surface area contributed by atoms with Gasteiger partial charge in [0.25, 0.3) is 0 Å². The van der Waals surface area contributed by atoms with Gasteiger partial charge in [-0.2, -0.15) is 0 Å². The maximum absolute atomic E-state index is 9.46. The van der Waals surface area contributed by atoms with Crippen LogP contribution in [0, 0.1) is 13.8 Å². The van der Waals surface area contributed by atoms with Gasteiger partial charge in [0.15, 0.2) is 0 Å². The predicted octanol–water partition coefficient (Wildman–Crippen LogP) is 3.90. The van der Waals surface area contributed by atoms with E-state index in [0.29, 0.717) is 0 Å². The van der Waals surface area contributed by atoms with Crippen LogP contribution in [0.25, 0.3) is 0 Å². The van der Waals surface area contributed by atoms with Crippen LogP contribution in [0.3, 0.4) is 0 Å². The van der Waals surface area contributed by atoms with Crippen molar-refractivity contribution in [3.05, 3.63) is 53.2 Å². The van der Waals surface area contributed by atoms with Gasteiger partial charge in [-0.3, -0.25) is 0 Å². The van der Waals surface area contributed by atoms with Crippen LogP contribution in [0.2, 0.25) is 0 Å². The maximum atomic E-state index is 9.46. The summed E-state index contributed by atoms with van der Waals surface area (Å²) < 4.78 is 0. The molecule has 1 unspecified atom stereocenters. The number of pyridine rings is 1. The molecule has 0 bridgehead atoms. The zero-order chi connectivity index (χ0) is 13.1. The number of benzene rings is 1. The average Bonchev–Trinajstić information content (AvgIpc) is 2.28. The third-order valence-electron chi connectivity index (χ3n) is 2.66. The van der Waals surface area contributed by atoms with Crippen molar-refractivity contribution in [1.82, 2.24) is 4.98 Å². The van der Waals surface area contributed by atoms with Crippen LogP contribution in [0.1, 0.15) is 29.8 Å². The third kappa shape index (κ3) is 3.34. The molecule has 1 atom stereocenters. The summed E-state index contributed by atoms with van der Waals surface area (Å²) in [5.74, 6) is 0. The smallest absolute Gasteiger partial charge is 0.101 e. The number of aliphatic hydroxyl groups is 1. The molecule has 1 N–H and O–H groups in total. The fourth-order valence-corrected chi connectivity index (χ4v) is 2.74. The highest BCUT2D eigenvalue weighted by atomic mass is 32.2. The van der Waals surface area contributed by atoms with Crippen molar-refractivity contribution < 1.29 is 5.11 Å². The van der Waals surface area contributed by atoms with E-state index in [1.165, 1.54) is 5.56 Å². The maximum Gasteiger partial charge on any atom is 0.101 e. The zero-order valence-corrected chi connectivity index (χ0v) is 11.7. The summed E-state index contributed by atoms with van der Waals surface area (Å²) in [5.41, 5.74) is 3.21. The van der Waals surface area contributed by atoms with Gasteiger partial charge < -0.3 is 5.11 Å². The molecule has 0 spiro atoms. The Kier molecular flexibility index (Phi) is 4.04. The van der Waals surface area contributed by atoms with Crippen LogP contribution in [0.4, 0.5) is 0 Å². The van der Waals surface area contributed by atoms with E-state index in [-0.39, 0.29) is 0 Å². The van der Waals surface area contributed by atoms with E-state index in [0.717, 1.165) is 21.2 Å². The second-order valence-corrected chi connectivity index (χ2v) is 5.56. The van der Waals surface area contributed by atoms with Gasteiger partial charge in [-0.25, -0.2) is 4.98 Å². The molecule has 0 amide bonds. The molecular formula is C15H17NOS. The number of hydrogen-bond acceptors (Lipinski definition) is 3. The Labute approximate surface area is 112 Å². The summed E-state index contributed by atoms with van der Waals surface area (Å²) in [7, 11) is 0. The fraction of sp³-hybridized carbons (Fsp3) is 0.267. The summed E-state index contributed by atoms with van der Waals surface area (Å²) in [5, 5.41) is 10.5. The van der Waals surface area contributed by atoms with Crippen molar-refractivity contribution in [3.63, 3.8) is 0 Å². The van der Waals surface area contributed by atoms with Crippen LogP contribution in [0.5, 0.6) is 0 Å². The van der Waals surface area contributed by atoms with Crippen molar-refractivity contribution in [3.8, 4) is 0 Å². The Morgan fingerprint density at radius 3 is 2.33 bits per heavy atom. The Balaban J connectivity index is 2.18. The van der Waals surface area contributed by atoms with Gasteiger partial charge in [-0.05, 0) is 56.2 Å². The lowest BCUT2D eigenvalue weighted by Gasteiger charge is -2.07. The van der Waals surface area contributed by atoms with E-state index in [9.17, 15) is 5.11 Å². The molecule has 2 rings (SSSR count). The SMILES string of the molecule is Cc1cc(C)nc(Sc2ccc(C(C)O)cc2)c1. The fourth-order valence-electron chi connectivity index (χ4n) is 1.79. The van der Waals surface area contributed by atoms with E-state index >= 15 is 0 Å². The average molecular weight is 259 g/mol. The number of hydrogen-bond donors (Lipinski definition) is 1. The molecule has 0 saturated carbocycles. The molecule has 0 aliphatic heterocycles. The van der Waals surface area contributed by atoms with Crippen molar-refractivity contribution in [1.29, 1.82) is 0 Å². The van der Waals surface area contributed by atoms with Gasteiger partial charge in [0.05, 0.1) is 6.10 Å². The van der Waals surface area contributed by atoms with E-state index < -0.39 is 6.10 Å². The van der Waals surface area contributed by atoms with Gasteiger partial charge >= 0.3 is 0 Å². The van der Waals surface area contributed by atoms with E-state index in [1.54, 1.807) is 18.7 Å². The monoisotopic (exact) mass is 259 g/mol. The Bertz CT molecular complexity index is 514. The minimum Gasteiger partial charge on any atom is -0.389 e.